The first-order valence-corrected chi connectivity index (χ1v) is 29.5. The van der Waals surface area contributed by atoms with E-state index in [4.69, 9.17) is 31.9 Å². The molecular formula is C50H84N6O9Si2. The Balaban J connectivity index is 1.16. The number of ether oxygens (including phenoxy) is 4. The number of carbonyl (C=O) groups is 2. The van der Waals surface area contributed by atoms with Gasteiger partial charge in [-0.25, -0.2) is 15.0 Å². The summed E-state index contributed by atoms with van der Waals surface area (Å²) >= 11 is 0. The van der Waals surface area contributed by atoms with E-state index in [1.54, 1.807) is 18.5 Å². The number of nitrogens with zero attached hydrogens (tertiary/aromatic N) is 4. The number of aromatic nitrogens is 4. The summed E-state index contributed by atoms with van der Waals surface area (Å²) in [6.45, 7) is 21.4. The Morgan fingerprint density at radius 3 is 2.00 bits per heavy atom. The summed E-state index contributed by atoms with van der Waals surface area (Å²) < 4.78 is 49.2. The zero-order valence-electron chi connectivity index (χ0n) is 42.3. The second-order valence-electron chi connectivity index (χ2n) is 19.6. The van der Waals surface area contributed by atoms with E-state index in [9.17, 15) is 9.59 Å². The van der Waals surface area contributed by atoms with E-state index in [0.717, 1.165) is 12.8 Å². The van der Waals surface area contributed by atoms with Crippen LogP contribution < -0.4 is 10.6 Å². The zero-order valence-corrected chi connectivity index (χ0v) is 44.3. The van der Waals surface area contributed by atoms with Crippen molar-refractivity contribution in [2.75, 3.05) is 45.1 Å². The fraction of sp³-hybridized carbons (Fsp3) is 0.740. The van der Waals surface area contributed by atoms with Gasteiger partial charge in [-0.05, 0) is 40.7 Å². The molecule has 4 atom stereocenters. The summed E-state index contributed by atoms with van der Waals surface area (Å²) in [4.78, 5) is 39.3. The Bertz CT molecular complexity index is 1890. The maximum atomic E-state index is 13.2. The molecule has 5 rings (SSSR count). The highest BCUT2D eigenvalue weighted by molar-refractivity contribution is 6.84. The van der Waals surface area contributed by atoms with Crippen molar-refractivity contribution in [1.82, 2.24) is 24.8 Å². The first-order chi connectivity index (χ1) is 32.3. The number of amides is 2. The molecule has 2 aliphatic heterocycles. The van der Waals surface area contributed by atoms with Crippen LogP contribution in [0.4, 0.5) is 5.82 Å². The molecule has 2 aromatic heterocycles. The number of rotatable bonds is 30. The molecule has 1 aromatic carbocycles. The average molecular weight is 969 g/mol. The monoisotopic (exact) mass is 969 g/mol. The van der Waals surface area contributed by atoms with Crippen LogP contribution in [0.15, 0.2) is 43.0 Å². The average Bonchev–Trinajstić information content (AvgIpc) is 3.88. The topological polar surface area (TPSA) is 166 Å². The smallest absolute Gasteiger partial charge is 0.335 e. The summed E-state index contributed by atoms with van der Waals surface area (Å²) in [6, 6.07) is 8.95. The molecule has 0 spiro atoms. The van der Waals surface area contributed by atoms with Gasteiger partial charge in [0.05, 0.1) is 32.8 Å². The van der Waals surface area contributed by atoms with Crippen LogP contribution in [0.1, 0.15) is 169 Å². The summed E-state index contributed by atoms with van der Waals surface area (Å²) in [7, 11) is -5.90. The van der Waals surface area contributed by atoms with E-state index in [2.05, 4.69) is 87.9 Å². The van der Waals surface area contributed by atoms with Crippen molar-refractivity contribution < 1.29 is 41.5 Å². The van der Waals surface area contributed by atoms with Gasteiger partial charge in [-0.3, -0.25) is 14.2 Å². The molecule has 67 heavy (non-hydrogen) atoms. The van der Waals surface area contributed by atoms with Gasteiger partial charge in [0.25, 0.3) is 5.91 Å². The first-order valence-electron chi connectivity index (χ1n) is 25.6. The SMILES string of the molecule is CCCCCCCCCCCCCCCC(=O)NCCOCCOCO[C@H]1C2O[Si](C(C)C)(C(C)C)O[Si](C(C)C)(C(C)C)OC[C@H]2O[C@H]1n1cnc2c(NC(=O)c3ccccc3)ncnc21. The maximum absolute atomic E-state index is 13.2. The van der Waals surface area contributed by atoms with Gasteiger partial charge in [0.1, 0.15) is 31.4 Å². The van der Waals surface area contributed by atoms with Crippen LogP contribution in [0.2, 0.25) is 22.2 Å². The summed E-state index contributed by atoms with van der Waals surface area (Å²) in [5.74, 6) is 0.0414. The van der Waals surface area contributed by atoms with Crippen molar-refractivity contribution in [1.29, 1.82) is 0 Å². The molecule has 3 aromatic rings. The number of hydrogen-bond donors (Lipinski definition) is 2. The second kappa shape index (κ2) is 27.9. The van der Waals surface area contributed by atoms with Crippen molar-refractivity contribution in [2.45, 2.75) is 199 Å². The summed E-state index contributed by atoms with van der Waals surface area (Å²) in [5.41, 5.74) is 1.88. The van der Waals surface area contributed by atoms with Gasteiger partial charge in [-0.15, -0.1) is 0 Å². The number of fused-ring (bicyclic) bond motifs is 2. The molecule has 0 aliphatic carbocycles. The molecule has 2 saturated heterocycles. The van der Waals surface area contributed by atoms with Crippen molar-refractivity contribution in [3.63, 3.8) is 0 Å². The first kappa shape index (κ1) is 54.8. The van der Waals surface area contributed by atoms with E-state index >= 15 is 0 Å². The van der Waals surface area contributed by atoms with Crippen molar-refractivity contribution in [3.05, 3.63) is 48.5 Å². The van der Waals surface area contributed by atoms with Crippen molar-refractivity contribution in [2.24, 2.45) is 0 Å². The van der Waals surface area contributed by atoms with Gasteiger partial charge in [0.2, 0.25) is 5.91 Å². The minimum Gasteiger partial charge on any atom is -0.414 e. The second-order valence-corrected chi connectivity index (χ2v) is 28.4. The van der Waals surface area contributed by atoms with Crippen LogP contribution in [0.5, 0.6) is 0 Å². The standard InChI is InChI=1S/C50H84N6O9Si2/c1-10-11-12-13-14-15-16-17-18-19-20-21-25-28-43(57)51-29-30-59-31-32-60-36-61-46-45-42(33-62-66(37(2)3,38(4)5)65-67(64-45,39(6)7)40(8)9)63-50(46)56-35-54-44-47(52-34-53-48(44)56)55-49(58)41-26-23-22-24-27-41/h22-24,26-27,34-35,37-40,42,45-46,50H,10-21,25,28-33,36H2,1-9H3,(H,51,57)(H,52,53,55,58)/t42-,45?,46+,50-/m1/s1. The predicted octanol–water partition coefficient (Wildman–Crippen LogP) is 10.9. The Kier molecular flexibility index (Phi) is 22.8. The van der Waals surface area contributed by atoms with Gasteiger partial charge in [-0.2, -0.15) is 0 Å². The molecule has 2 amide bonds. The lowest BCUT2D eigenvalue weighted by atomic mass is 10.0. The summed E-state index contributed by atoms with van der Waals surface area (Å²) in [6.07, 6.45) is 17.8. The molecule has 2 N–H and O–H groups in total. The van der Waals surface area contributed by atoms with Gasteiger partial charge in [0, 0.05) is 18.5 Å². The molecule has 2 aliphatic rings. The molecule has 1 unspecified atom stereocenters. The van der Waals surface area contributed by atoms with E-state index in [1.165, 1.54) is 77.0 Å². The molecule has 0 saturated carbocycles. The fourth-order valence-electron chi connectivity index (χ4n) is 9.48. The number of unbranched alkanes of at least 4 members (excludes halogenated alkanes) is 12. The maximum Gasteiger partial charge on any atom is 0.335 e. The third-order valence-electron chi connectivity index (χ3n) is 13.3. The quantitative estimate of drug-likeness (QED) is 0.0369. The van der Waals surface area contributed by atoms with Gasteiger partial charge >= 0.3 is 17.1 Å². The Labute approximate surface area is 403 Å². The third-order valence-corrected chi connectivity index (χ3v) is 23.6. The molecule has 0 radical (unpaired) electrons. The van der Waals surface area contributed by atoms with Gasteiger partial charge in [-0.1, -0.05) is 158 Å². The molecule has 15 nitrogen and oxygen atoms in total. The van der Waals surface area contributed by atoms with Crippen LogP contribution in [-0.4, -0.2) is 107 Å². The molecule has 376 valence electrons. The highest BCUT2D eigenvalue weighted by atomic mass is 28.5. The number of hydrogen-bond acceptors (Lipinski definition) is 12. The third kappa shape index (κ3) is 15.2. The van der Waals surface area contributed by atoms with Crippen LogP contribution >= 0.6 is 0 Å². The highest BCUT2D eigenvalue weighted by Gasteiger charge is 2.62. The van der Waals surface area contributed by atoms with E-state index in [-0.39, 0.29) is 59.8 Å². The molecular weight excluding hydrogens is 885 g/mol. The molecule has 4 heterocycles. The van der Waals surface area contributed by atoms with Crippen LogP contribution in [0, 0.1) is 0 Å². The van der Waals surface area contributed by atoms with Crippen molar-refractivity contribution in [3.8, 4) is 0 Å². The van der Waals surface area contributed by atoms with E-state index in [0.29, 0.717) is 42.9 Å². The minimum atomic E-state index is -3.05. The zero-order chi connectivity index (χ0) is 48.2. The normalized spacial score (nSPS) is 20.4. The fourth-order valence-corrected chi connectivity index (χ4v) is 20.7. The number of carbonyl (C=O) groups excluding carboxylic acids is 2. The lowest BCUT2D eigenvalue weighted by Crippen LogP contribution is -2.66. The van der Waals surface area contributed by atoms with E-state index < -0.39 is 41.7 Å². The highest BCUT2D eigenvalue weighted by Crippen LogP contribution is 2.49. The molecule has 2 fully saturated rings. The summed E-state index contributed by atoms with van der Waals surface area (Å²) in [5, 5.41) is 5.89. The number of imidazole rings is 1. The lowest BCUT2D eigenvalue weighted by molar-refractivity contribution is -0.143. The lowest BCUT2D eigenvalue weighted by Gasteiger charge is -2.51. The largest absolute Gasteiger partial charge is 0.414 e. The number of benzene rings is 1. The van der Waals surface area contributed by atoms with Gasteiger partial charge < -0.3 is 42.5 Å². The minimum absolute atomic E-state index is 0.0629. The van der Waals surface area contributed by atoms with Crippen LogP contribution in [0.3, 0.4) is 0 Å². The van der Waals surface area contributed by atoms with E-state index in [1.807, 2.05) is 22.8 Å². The number of anilines is 1. The predicted molar refractivity (Wildman–Crippen MR) is 267 cm³/mol. The van der Waals surface area contributed by atoms with Crippen molar-refractivity contribution >= 4 is 45.9 Å². The Morgan fingerprint density at radius 1 is 0.761 bits per heavy atom. The molecule has 0 bridgehead atoms. The van der Waals surface area contributed by atoms with Gasteiger partial charge in [0.15, 0.2) is 23.2 Å². The van der Waals surface area contributed by atoms with Crippen LogP contribution in [0.25, 0.3) is 11.2 Å². The van der Waals surface area contributed by atoms with Crippen LogP contribution in [-0.2, 0) is 36.7 Å². The number of nitrogens with one attached hydrogen (secondary N) is 2. The Hall–Kier alpha value is -3.14. The Morgan fingerprint density at radius 2 is 1.37 bits per heavy atom. The molecule has 17 heteroatoms.